The minimum absolute atomic E-state index is 0.0506. The second kappa shape index (κ2) is 10.7. The summed E-state index contributed by atoms with van der Waals surface area (Å²) in [5, 5.41) is 20.9. The molecule has 3 N–H and O–H groups in total. The fourth-order valence-electron chi connectivity index (χ4n) is 4.71. The fourth-order valence-corrected chi connectivity index (χ4v) is 4.71. The number of aliphatic carboxylic acids is 1. The number of fused-ring (bicyclic) bond motifs is 3. The number of carbonyl (C=O) groups excluding carboxylic acids is 2. The van der Waals surface area contributed by atoms with Crippen molar-refractivity contribution in [2.45, 2.75) is 18.4 Å². The Morgan fingerprint density at radius 2 is 1.71 bits per heavy atom. The van der Waals surface area contributed by atoms with Gasteiger partial charge in [0.25, 0.3) is 5.91 Å². The van der Waals surface area contributed by atoms with Gasteiger partial charge in [-0.2, -0.15) is 0 Å². The number of carboxylic acid groups (broad SMARTS) is 1. The number of alkyl carbamates (subject to hydrolysis) is 1. The number of amides is 2. The van der Waals surface area contributed by atoms with E-state index in [1.165, 1.54) is 0 Å². The maximum atomic E-state index is 12.7. The number of aliphatic hydroxyl groups excluding tert-OH is 1. The zero-order chi connectivity index (χ0) is 24.1. The molecule has 34 heavy (non-hydrogen) atoms. The largest absolute Gasteiger partial charge is 0.480 e. The van der Waals surface area contributed by atoms with E-state index in [1.54, 1.807) is 0 Å². The number of ether oxygens (including phenoxy) is 2. The average Bonchev–Trinajstić information content (AvgIpc) is 3.43. The number of hydrogen-bond donors (Lipinski definition) is 3. The molecule has 1 heterocycles. The molecule has 0 spiro atoms. The molecule has 9 nitrogen and oxygen atoms in total. The number of benzene rings is 2. The molecule has 2 aromatic carbocycles. The lowest BCUT2D eigenvalue weighted by Gasteiger charge is -2.26. The normalized spacial score (nSPS) is 18.7. The summed E-state index contributed by atoms with van der Waals surface area (Å²) >= 11 is 0. The van der Waals surface area contributed by atoms with E-state index in [-0.39, 0.29) is 38.1 Å². The van der Waals surface area contributed by atoms with Gasteiger partial charge in [-0.15, -0.1) is 0 Å². The van der Waals surface area contributed by atoms with Crippen molar-refractivity contribution in [1.82, 2.24) is 10.2 Å². The molecule has 0 aromatic heterocycles. The van der Waals surface area contributed by atoms with Crippen molar-refractivity contribution >= 4 is 18.0 Å². The highest BCUT2D eigenvalue weighted by atomic mass is 16.5. The lowest BCUT2D eigenvalue weighted by Crippen LogP contribution is -2.47. The fraction of sp³-hybridized carbons (Fsp3) is 0.400. The van der Waals surface area contributed by atoms with Crippen LogP contribution in [0.3, 0.4) is 0 Å². The number of carbonyl (C=O) groups is 3. The van der Waals surface area contributed by atoms with Crippen molar-refractivity contribution in [3.05, 3.63) is 59.7 Å². The molecule has 0 unspecified atom stereocenters. The molecule has 2 amide bonds. The lowest BCUT2D eigenvalue weighted by molar-refractivity contribution is -0.150. The third-order valence-corrected chi connectivity index (χ3v) is 6.32. The number of carboxylic acids is 1. The summed E-state index contributed by atoms with van der Waals surface area (Å²) in [5.74, 6) is -2.05. The highest BCUT2D eigenvalue weighted by Crippen LogP contribution is 2.44. The number of nitrogens with zero attached hydrogens (tertiary/aromatic N) is 1. The quantitative estimate of drug-likeness (QED) is 0.513. The third kappa shape index (κ3) is 5.05. The Labute approximate surface area is 197 Å². The van der Waals surface area contributed by atoms with Gasteiger partial charge in [0.05, 0.1) is 6.61 Å². The molecule has 1 aliphatic heterocycles. The van der Waals surface area contributed by atoms with Crippen LogP contribution in [0.5, 0.6) is 0 Å². The molecule has 0 bridgehead atoms. The molecule has 2 atom stereocenters. The highest BCUT2D eigenvalue weighted by Gasteiger charge is 2.37. The first-order chi connectivity index (χ1) is 16.5. The second-order valence-electron chi connectivity index (χ2n) is 8.42. The van der Waals surface area contributed by atoms with Crippen LogP contribution in [0.15, 0.2) is 48.5 Å². The van der Waals surface area contributed by atoms with Crippen LogP contribution in [0.1, 0.15) is 23.5 Å². The van der Waals surface area contributed by atoms with Gasteiger partial charge in [-0.25, -0.2) is 4.79 Å². The summed E-state index contributed by atoms with van der Waals surface area (Å²) in [4.78, 5) is 37.3. The highest BCUT2D eigenvalue weighted by molar-refractivity contribution is 5.85. The Kier molecular flexibility index (Phi) is 7.44. The van der Waals surface area contributed by atoms with E-state index >= 15 is 0 Å². The number of rotatable bonds is 9. The second-order valence-corrected chi connectivity index (χ2v) is 8.42. The molecule has 9 heteroatoms. The Morgan fingerprint density at radius 1 is 1.06 bits per heavy atom. The van der Waals surface area contributed by atoms with Crippen molar-refractivity contribution in [2.24, 2.45) is 5.92 Å². The minimum atomic E-state index is -1.17. The van der Waals surface area contributed by atoms with Crippen LogP contribution in [0, 0.1) is 5.92 Å². The first-order valence-electron chi connectivity index (χ1n) is 11.3. The van der Waals surface area contributed by atoms with E-state index in [4.69, 9.17) is 19.7 Å². The van der Waals surface area contributed by atoms with E-state index in [0.717, 1.165) is 27.2 Å². The number of hydrogen-bond acceptors (Lipinski definition) is 6. The van der Waals surface area contributed by atoms with E-state index < -0.39 is 30.6 Å². The predicted octanol–water partition coefficient (Wildman–Crippen LogP) is 1.84. The SMILES string of the molecule is O=C(O)CN(CCO)C(=O)[C@H]1OCC[C@H]1CNC(=O)OCC1c2ccccc2-c2ccccc21. The summed E-state index contributed by atoms with van der Waals surface area (Å²) in [5.41, 5.74) is 4.53. The van der Waals surface area contributed by atoms with Crippen molar-refractivity contribution in [1.29, 1.82) is 0 Å². The maximum absolute atomic E-state index is 12.7. The monoisotopic (exact) mass is 468 g/mol. The van der Waals surface area contributed by atoms with E-state index in [9.17, 15) is 14.4 Å². The zero-order valence-electron chi connectivity index (χ0n) is 18.7. The van der Waals surface area contributed by atoms with Gasteiger partial charge < -0.3 is 29.9 Å². The van der Waals surface area contributed by atoms with Gasteiger partial charge in [0.1, 0.15) is 19.3 Å². The number of aliphatic hydroxyl groups is 1. The summed E-state index contributed by atoms with van der Waals surface area (Å²) in [7, 11) is 0. The lowest BCUT2D eigenvalue weighted by atomic mass is 9.98. The van der Waals surface area contributed by atoms with Gasteiger partial charge in [-0.05, 0) is 28.7 Å². The summed E-state index contributed by atoms with van der Waals surface area (Å²) in [6.07, 6.45) is -0.919. The Balaban J connectivity index is 1.33. The Hall–Kier alpha value is -3.43. The predicted molar refractivity (Wildman–Crippen MR) is 122 cm³/mol. The van der Waals surface area contributed by atoms with Crippen LogP contribution in [-0.2, 0) is 19.1 Å². The zero-order valence-corrected chi connectivity index (χ0v) is 18.7. The number of nitrogens with one attached hydrogen (secondary N) is 1. The Morgan fingerprint density at radius 3 is 2.32 bits per heavy atom. The van der Waals surface area contributed by atoms with Crippen LogP contribution < -0.4 is 5.32 Å². The third-order valence-electron chi connectivity index (χ3n) is 6.32. The summed E-state index contributed by atoms with van der Waals surface area (Å²) in [6, 6.07) is 16.1. The molecule has 2 aromatic rings. The van der Waals surface area contributed by atoms with Gasteiger partial charge in [0, 0.05) is 31.5 Å². The van der Waals surface area contributed by atoms with Gasteiger partial charge in [-0.3, -0.25) is 9.59 Å². The van der Waals surface area contributed by atoms with Crippen LogP contribution in [0.4, 0.5) is 4.79 Å². The Bertz CT molecular complexity index is 1010. The van der Waals surface area contributed by atoms with E-state index in [1.807, 2.05) is 36.4 Å². The first-order valence-corrected chi connectivity index (χ1v) is 11.3. The van der Waals surface area contributed by atoms with E-state index in [0.29, 0.717) is 13.0 Å². The molecule has 0 radical (unpaired) electrons. The van der Waals surface area contributed by atoms with Gasteiger partial charge in [0.2, 0.25) is 0 Å². The van der Waals surface area contributed by atoms with Crippen molar-refractivity contribution in [3.63, 3.8) is 0 Å². The van der Waals surface area contributed by atoms with Crippen LogP contribution in [-0.4, -0.2) is 78.6 Å². The standard InChI is InChI=1S/C25H28N2O7/c28-11-10-27(14-22(29)30)24(31)23-16(9-12-33-23)13-26-25(32)34-15-21-19-7-3-1-5-17(19)18-6-2-4-8-20(18)21/h1-8,16,21,23,28H,9-15H2,(H,26,32)(H,29,30)/t16-,23-/m0/s1. The van der Waals surface area contributed by atoms with Crippen molar-refractivity contribution < 1.29 is 34.1 Å². The topological polar surface area (TPSA) is 125 Å². The molecule has 1 aliphatic carbocycles. The van der Waals surface area contributed by atoms with Gasteiger partial charge in [-0.1, -0.05) is 48.5 Å². The van der Waals surface area contributed by atoms with Crippen molar-refractivity contribution in [2.75, 3.05) is 39.5 Å². The average molecular weight is 469 g/mol. The van der Waals surface area contributed by atoms with Crippen molar-refractivity contribution in [3.8, 4) is 11.1 Å². The first kappa shape index (κ1) is 23.7. The summed E-state index contributed by atoms with van der Waals surface area (Å²) < 4.78 is 11.1. The maximum Gasteiger partial charge on any atom is 0.407 e. The molecular weight excluding hydrogens is 440 g/mol. The molecular formula is C25H28N2O7. The van der Waals surface area contributed by atoms with Crippen LogP contribution >= 0.6 is 0 Å². The van der Waals surface area contributed by atoms with Crippen LogP contribution in [0.2, 0.25) is 0 Å². The molecule has 2 aliphatic rings. The van der Waals surface area contributed by atoms with Gasteiger partial charge >= 0.3 is 12.1 Å². The molecule has 0 saturated carbocycles. The van der Waals surface area contributed by atoms with Gasteiger partial charge in [0.15, 0.2) is 0 Å². The van der Waals surface area contributed by atoms with E-state index in [2.05, 4.69) is 17.4 Å². The summed E-state index contributed by atoms with van der Waals surface area (Å²) in [6.45, 7) is -0.301. The smallest absolute Gasteiger partial charge is 0.407 e. The molecule has 180 valence electrons. The molecule has 1 fully saturated rings. The van der Waals surface area contributed by atoms with Crippen LogP contribution in [0.25, 0.3) is 11.1 Å². The minimum Gasteiger partial charge on any atom is -0.480 e. The molecule has 1 saturated heterocycles. The molecule has 4 rings (SSSR count).